The maximum Gasteiger partial charge on any atom is 0.402 e. The molecule has 0 radical (unpaired) electrons. The Kier molecular flexibility index (Phi) is 4.86. The van der Waals surface area contributed by atoms with Gasteiger partial charge in [0.2, 0.25) is 0 Å². The van der Waals surface area contributed by atoms with E-state index in [1.165, 1.54) is 0 Å². The highest BCUT2D eigenvalue weighted by molar-refractivity contribution is 7.95. The lowest BCUT2D eigenvalue weighted by molar-refractivity contribution is -0.121. The predicted molar refractivity (Wildman–Crippen MR) is 35.7 cm³/mol. The molecule has 0 atom stereocenters. The lowest BCUT2D eigenvalue weighted by Crippen LogP contribution is -2.30. The molecule has 0 aromatic rings. The SMILES string of the molecule is FC(F)(F)CNSNCC(F)(F)F. The summed E-state index contributed by atoms with van der Waals surface area (Å²) in [6.45, 7) is -2.69. The first kappa shape index (κ1) is 12.8. The molecule has 9 heteroatoms. The molecule has 0 aromatic heterocycles. The van der Waals surface area contributed by atoms with Gasteiger partial charge in [-0.2, -0.15) is 26.3 Å². The molecule has 0 saturated carbocycles. The van der Waals surface area contributed by atoms with E-state index in [4.69, 9.17) is 0 Å². The van der Waals surface area contributed by atoms with Crippen molar-refractivity contribution in [3.05, 3.63) is 0 Å². The van der Waals surface area contributed by atoms with E-state index in [1.54, 1.807) is 9.44 Å². The summed E-state index contributed by atoms with van der Waals surface area (Å²) >= 11 is 0.167. The van der Waals surface area contributed by atoms with Crippen molar-refractivity contribution < 1.29 is 26.3 Å². The molecule has 13 heavy (non-hydrogen) atoms. The summed E-state index contributed by atoms with van der Waals surface area (Å²) in [7, 11) is 0. The minimum absolute atomic E-state index is 0.167. The second-order valence-corrected chi connectivity index (χ2v) is 2.76. The highest BCUT2D eigenvalue weighted by Gasteiger charge is 2.28. The molecule has 0 saturated heterocycles. The molecule has 0 fully saturated rings. The van der Waals surface area contributed by atoms with E-state index < -0.39 is 25.4 Å². The topological polar surface area (TPSA) is 24.1 Å². The molecular formula is C4H6F6N2S. The predicted octanol–water partition coefficient (Wildman–Crippen LogP) is 1.85. The Morgan fingerprint density at radius 3 is 1.31 bits per heavy atom. The van der Waals surface area contributed by atoms with Crippen molar-refractivity contribution in [2.75, 3.05) is 13.1 Å². The van der Waals surface area contributed by atoms with Gasteiger partial charge in [-0.3, -0.25) is 0 Å². The van der Waals surface area contributed by atoms with Crippen molar-refractivity contribution in [1.29, 1.82) is 0 Å². The van der Waals surface area contributed by atoms with Crippen LogP contribution in [0.25, 0.3) is 0 Å². The Bertz CT molecular complexity index is 127. The van der Waals surface area contributed by atoms with Crippen LogP contribution in [0.5, 0.6) is 0 Å². The van der Waals surface area contributed by atoms with Gasteiger partial charge in [0.1, 0.15) is 13.1 Å². The van der Waals surface area contributed by atoms with Crippen LogP contribution < -0.4 is 9.44 Å². The van der Waals surface area contributed by atoms with Crippen LogP contribution in [0.1, 0.15) is 0 Å². The first-order chi connectivity index (χ1) is 5.71. The molecule has 0 heterocycles. The first-order valence-electron chi connectivity index (χ1n) is 2.96. The maximum atomic E-state index is 11.4. The summed E-state index contributed by atoms with van der Waals surface area (Å²) in [5, 5.41) is 0. The largest absolute Gasteiger partial charge is 0.402 e. The summed E-state index contributed by atoms with van der Waals surface area (Å²) in [6.07, 6.45) is -8.85. The van der Waals surface area contributed by atoms with Crippen LogP contribution in [-0.4, -0.2) is 25.4 Å². The van der Waals surface area contributed by atoms with Crippen LogP contribution in [0, 0.1) is 0 Å². The Morgan fingerprint density at radius 2 is 1.08 bits per heavy atom. The van der Waals surface area contributed by atoms with Crippen LogP contribution in [0.3, 0.4) is 0 Å². The van der Waals surface area contributed by atoms with E-state index in [9.17, 15) is 26.3 Å². The Morgan fingerprint density at radius 1 is 0.769 bits per heavy atom. The summed E-state index contributed by atoms with van der Waals surface area (Å²) in [6, 6.07) is 0. The average Bonchev–Trinajstić information content (AvgIpc) is 1.81. The van der Waals surface area contributed by atoms with Crippen LogP contribution >= 0.6 is 12.1 Å². The number of alkyl halides is 6. The van der Waals surface area contributed by atoms with Crippen LogP contribution in [0.4, 0.5) is 26.3 Å². The molecule has 2 N–H and O–H groups in total. The van der Waals surface area contributed by atoms with Gasteiger partial charge in [0.15, 0.2) is 0 Å². The van der Waals surface area contributed by atoms with Crippen molar-refractivity contribution in [3.63, 3.8) is 0 Å². The van der Waals surface area contributed by atoms with Gasteiger partial charge in [-0.15, -0.1) is 0 Å². The fourth-order valence-corrected chi connectivity index (χ4v) is 0.861. The van der Waals surface area contributed by atoms with Gasteiger partial charge in [0.05, 0.1) is 0 Å². The number of hydrogen-bond acceptors (Lipinski definition) is 3. The smallest absolute Gasteiger partial charge is 0.242 e. The molecular weight excluding hydrogens is 222 g/mol. The highest BCUT2D eigenvalue weighted by Crippen LogP contribution is 2.15. The van der Waals surface area contributed by atoms with Crippen LogP contribution in [0.2, 0.25) is 0 Å². The van der Waals surface area contributed by atoms with Crippen molar-refractivity contribution >= 4 is 12.1 Å². The van der Waals surface area contributed by atoms with E-state index in [-0.39, 0.29) is 12.1 Å². The fourth-order valence-electron chi connectivity index (χ4n) is 0.287. The molecule has 0 aliphatic heterocycles. The quantitative estimate of drug-likeness (QED) is 0.436. The number of rotatable bonds is 4. The molecule has 0 aliphatic carbocycles. The third-order valence-electron chi connectivity index (χ3n) is 0.690. The van der Waals surface area contributed by atoms with Crippen molar-refractivity contribution in [2.24, 2.45) is 0 Å². The van der Waals surface area contributed by atoms with Gasteiger partial charge in [0, 0.05) is 12.1 Å². The number of hydrogen-bond donors (Lipinski definition) is 2. The summed E-state index contributed by atoms with van der Waals surface area (Å²) in [4.78, 5) is 0. The van der Waals surface area contributed by atoms with Crippen molar-refractivity contribution in [1.82, 2.24) is 9.44 Å². The standard InChI is InChI=1S/C4H6F6N2S/c5-3(6,7)1-11-13-12-2-4(8,9)10/h11-12H,1-2H2. The molecule has 0 rings (SSSR count). The molecule has 2 nitrogen and oxygen atoms in total. The lowest BCUT2D eigenvalue weighted by Gasteiger charge is -2.09. The van der Waals surface area contributed by atoms with E-state index in [1.807, 2.05) is 0 Å². The lowest BCUT2D eigenvalue weighted by atomic mass is 10.7. The van der Waals surface area contributed by atoms with E-state index >= 15 is 0 Å². The Hall–Kier alpha value is -0.150. The normalized spacial score (nSPS) is 13.4. The highest BCUT2D eigenvalue weighted by atomic mass is 32.2. The molecule has 0 spiro atoms. The third kappa shape index (κ3) is 11.9. The minimum Gasteiger partial charge on any atom is -0.242 e. The Labute approximate surface area is 74.3 Å². The van der Waals surface area contributed by atoms with Crippen molar-refractivity contribution in [3.8, 4) is 0 Å². The number of nitrogens with one attached hydrogen (secondary N) is 2. The summed E-state index contributed by atoms with van der Waals surface area (Å²) in [5.74, 6) is 0. The molecule has 0 amide bonds. The molecule has 80 valence electrons. The van der Waals surface area contributed by atoms with Gasteiger partial charge in [-0.1, -0.05) is 0 Å². The van der Waals surface area contributed by atoms with Crippen LogP contribution in [-0.2, 0) is 0 Å². The fraction of sp³-hybridized carbons (Fsp3) is 1.00. The van der Waals surface area contributed by atoms with E-state index in [0.717, 1.165) is 0 Å². The number of halogens is 6. The van der Waals surface area contributed by atoms with Gasteiger partial charge >= 0.3 is 12.4 Å². The third-order valence-corrected chi connectivity index (χ3v) is 1.27. The second-order valence-electron chi connectivity index (χ2n) is 1.97. The van der Waals surface area contributed by atoms with Crippen LogP contribution in [0.15, 0.2) is 0 Å². The zero-order valence-electron chi connectivity index (χ0n) is 6.09. The monoisotopic (exact) mass is 228 g/mol. The van der Waals surface area contributed by atoms with Gasteiger partial charge in [-0.05, 0) is 0 Å². The zero-order chi connectivity index (χ0) is 10.5. The van der Waals surface area contributed by atoms with Gasteiger partial charge in [0.25, 0.3) is 0 Å². The minimum atomic E-state index is -4.42. The second kappa shape index (κ2) is 4.91. The van der Waals surface area contributed by atoms with E-state index in [2.05, 4.69) is 0 Å². The summed E-state index contributed by atoms with van der Waals surface area (Å²) < 4.78 is 71.7. The molecule has 0 unspecified atom stereocenters. The zero-order valence-corrected chi connectivity index (χ0v) is 6.91. The average molecular weight is 228 g/mol. The van der Waals surface area contributed by atoms with E-state index in [0.29, 0.717) is 0 Å². The summed E-state index contributed by atoms with van der Waals surface area (Å²) in [5.41, 5.74) is 0. The molecule has 0 aromatic carbocycles. The maximum absolute atomic E-state index is 11.4. The van der Waals surface area contributed by atoms with Crippen molar-refractivity contribution in [2.45, 2.75) is 12.4 Å². The Balaban J connectivity index is 3.28. The first-order valence-corrected chi connectivity index (χ1v) is 3.77. The van der Waals surface area contributed by atoms with Gasteiger partial charge < -0.3 is 0 Å². The molecule has 0 aliphatic rings. The van der Waals surface area contributed by atoms with Gasteiger partial charge in [-0.25, -0.2) is 9.44 Å². The molecule has 0 bridgehead atoms.